The highest BCUT2D eigenvalue weighted by Gasteiger charge is 2.16. The fourth-order valence-electron chi connectivity index (χ4n) is 2.20. The van der Waals surface area contributed by atoms with E-state index in [1.807, 2.05) is 0 Å². The Morgan fingerprint density at radius 1 is 0.952 bits per heavy atom. The largest absolute Gasteiger partial charge is 0.458 e. The molecule has 0 spiro atoms. The topological polar surface area (TPSA) is 33.4 Å². The number of aliphatic hydroxyl groups is 1. The lowest BCUT2D eigenvalue weighted by Gasteiger charge is -2.08. The number of fused-ring (bicyclic) bond motifs is 1. The molecule has 0 aliphatic rings. The molecule has 0 fully saturated rings. The van der Waals surface area contributed by atoms with Crippen LogP contribution in [0.15, 0.2) is 46.9 Å². The summed E-state index contributed by atoms with van der Waals surface area (Å²) in [6.07, 6.45) is -1.16. The van der Waals surface area contributed by atoms with Crippen LogP contribution in [0, 0.1) is 17.5 Å². The molecule has 0 saturated carbocycles. The van der Waals surface area contributed by atoms with Gasteiger partial charge in [-0.1, -0.05) is 6.07 Å². The van der Waals surface area contributed by atoms with Crippen LogP contribution >= 0.6 is 0 Å². The summed E-state index contributed by atoms with van der Waals surface area (Å²) in [6.45, 7) is 0. The standard InChI is InChI=1S/C16H11F3O2/c17-11-3-4-15-10(5-11)7-16(21-15)14(20)6-9-1-2-12(18)8-13(9)19/h1-5,7-8,14,20H,6H2. The van der Waals surface area contributed by atoms with Crippen LogP contribution in [0.5, 0.6) is 0 Å². The number of furan rings is 1. The summed E-state index contributed by atoms with van der Waals surface area (Å²) < 4.78 is 44.9. The zero-order chi connectivity index (χ0) is 15.0. The maximum atomic E-state index is 13.6. The Morgan fingerprint density at radius 3 is 2.43 bits per heavy atom. The van der Waals surface area contributed by atoms with Crippen molar-refractivity contribution in [1.82, 2.24) is 0 Å². The average Bonchev–Trinajstić information content (AvgIpc) is 2.85. The summed E-state index contributed by atoms with van der Waals surface area (Å²) in [4.78, 5) is 0. The van der Waals surface area contributed by atoms with Crippen molar-refractivity contribution in [3.8, 4) is 0 Å². The molecular weight excluding hydrogens is 281 g/mol. The van der Waals surface area contributed by atoms with Crippen LogP contribution < -0.4 is 0 Å². The summed E-state index contributed by atoms with van der Waals surface area (Å²) in [7, 11) is 0. The number of rotatable bonds is 3. The third-order valence-electron chi connectivity index (χ3n) is 3.25. The van der Waals surface area contributed by atoms with E-state index in [2.05, 4.69) is 0 Å². The first-order valence-electron chi connectivity index (χ1n) is 6.34. The predicted octanol–water partition coefficient (Wildman–Crippen LogP) is 4.13. The Balaban J connectivity index is 1.87. The number of aliphatic hydroxyl groups excluding tert-OH is 1. The zero-order valence-electron chi connectivity index (χ0n) is 10.8. The molecule has 0 aliphatic heterocycles. The smallest absolute Gasteiger partial charge is 0.134 e. The van der Waals surface area contributed by atoms with E-state index in [4.69, 9.17) is 4.42 Å². The van der Waals surface area contributed by atoms with E-state index in [1.165, 1.54) is 30.3 Å². The molecule has 3 rings (SSSR count). The molecule has 1 aromatic heterocycles. The summed E-state index contributed by atoms with van der Waals surface area (Å²) in [5.41, 5.74) is 0.612. The number of hydrogen-bond donors (Lipinski definition) is 1. The van der Waals surface area contributed by atoms with Gasteiger partial charge in [0.1, 0.15) is 34.9 Å². The lowest BCUT2D eigenvalue weighted by atomic mass is 10.1. The molecule has 21 heavy (non-hydrogen) atoms. The van der Waals surface area contributed by atoms with Crippen molar-refractivity contribution in [2.45, 2.75) is 12.5 Å². The van der Waals surface area contributed by atoms with Gasteiger partial charge < -0.3 is 9.52 Å². The van der Waals surface area contributed by atoms with Crippen molar-refractivity contribution in [3.63, 3.8) is 0 Å². The quantitative estimate of drug-likeness (QED) is 0.787. The minimum Gasteiger partial charge on any atom is -0.458 e. The van der Waals surface area contributed by atoms with Crippen LogP contribution in [0.25, 0.3) is 11.0 Å². The van der Waals surface area contributed by atoms with Gasteiger partial charge in [0.05, 0.1) is 0 Å². The van der Waals surface area contributed by atoms with Crippen LogP contribution in [-0.2, 0) is 6.42 Å². The molecule has 0 bridgehead atoms. The van der Waals surface area contributed by atoms with Crippen molar-refractivity contribution in [2.75, 3.05) is 0 Å². The monoisotopic (exact) mass is 292 g/mol. The van der Waals surface area contributed by atoms with E-state index in [0.29, 0.717) is 11.0 Å². The Bertz CT molecular complexity index is 795. The molecule has 2 nitrogen and oxygen atoms in total. The number of benzene rings is 2. The van der Waals surface area contributed by atoms with Crippen molar-refractivity contribution in [2.24, 2.45) is 0 Å². The van der Waals surface area contributed by atoms with E-state index >= 15 is 0 Å². The summed E-state index contributed by atoms with van der Waals surface area (Å²) in [5.74, 6) is -1.60. The van der Waals surface area contributed by atoms with Crippen LogP contribution in [-0.4, -0.2) is 5.11 Å². The van der Waals surface area contributed by atoms with E-state index in [1.54, 1.807) is 0 Å². The van der Waals surface area contributed by atoms with Gasteiger partial charge in [-0.05, 0) is 35.9 Å². The second kappa shape index (κ2) is 5.26. The van der Waals surface area contributed by atoms with E-state index in [0.717, 1.165) is 12.1 Å². The normalized spacial score (nSPS) is 12.8. The molecular formula is C16H11F3O2. The second-order valence-corrected chi connectivity index (χ2v) is 4.79. The maximum absolute atomic E-state index is 13.6. The number of hydrogen-bond acceptors (Lipinski definition) is 2. The van der Waals surface area contributed by atoms with E-state index < -0.39 is 23.6 Å². The summed E-state index contributed by atoms with van der Waals surface area (Å²) in [6, 6.07) is 8.66. The Morgan fingerprint density at radius 2 is 1.67 bits per heavy atom. The van der Waals surface area contributed by atoms with Crippen LogP contribution in [0.2, 0.25) is 0 Å². The van der Waals surface area contributed by atoms with E-state index in [9.17, 15) is 18.3 Å². The molecule has 1 heterocycles. The second-order valence-electron chi connectivity index (χ2n) is 4.79. The van der Waals surface area contributed by atoms with Gasteiger partial charge >= 0.3 is 0 Å². The third-order valence-corrected chi connectivity index (χ3v) is 3.25. The minimum absolute atomic E-state index is 0.0611. The Labute approximate surface area is 118 Å². The first kappa shape index (κ1) is 13.7. The molecule has 5 heteroatoms. The van der Waals surface area contributed by atoms with Crippen LogP contribution in [0.3, 0.4) is 0 Å². The van der Waals surface area contributed by atoms with E-state index in [-0.39, 0.29) is 17.7 Å². The van der Waals surface area contributed by atoms with Gasteiger partial charge in [-0.15, -0.1) is 0 Å². The highest BCUT2D eigenvalue weighted by Crippen LogP contribution is 2.27. The van der Waals surface area contributed by atoms with Gasteiger partial charge in [0, 0.05) is 17.9 Å². The molecule has 108 valence electrons. The van der Waals surface area contributed by atoms with Gasteiger partial charge in [-0.2, -0.15) is 0 Å². The summed E-state index contributed by atoms with van der Waals surface area (Å²) in [5, 5.41) is 10.6. The van der Waals surface area contributed by atoms with Crippen LogP contribution in [0.1, 0.15) is 17.4 Å². The predicted molar refractivity (Wildman–Crippen MR) is 71.2 cm³/mol. The van der Waals surface area contributed by atoms with Gasteiger partial charge in [0.2, 0.25) is 0 Å². The Hall–Kier alpha value is -2.27. The first-order valence-corrected chi connectivity index (χ1v) is 6.34. The fourth-order valence-corrected chi connectivity index (χ4v) is 2.20. The highest BCUT2D eigenvalue weighted by atomic mass is 19.1. The van der Waals surface area contributed by atoms with Gasteiger partial charge in [0.25, 0.3) is 0 Å². The van der Waals surface area contributed by atoms with Gasteiger partial charge in [-0.3, -0.25) is 0 Å². The SMILES string of the molecule is OC(Cc1ccc(F)cc1F)c1cc2cc(F)ccc2o1. The third kappa shape index (κ3) is 2.78. The molecule has 0 radical (unpaired) electrons. The lowest BCUT2D eigenvalue weighted by Crippen LogP contribution is -2.02. The van der Waals surface area contributed by atoms with Crippen molar-refractivity contribution in [3.05, 3.63) is 71.2 Å². The Kier molecular flexibility index (Phi) is 3.43. The summed E-state index contributed by atoms with van der Waals surface area (Å²) >= 11 is 0. The minimum atomic E-state index is -1.10. The molecule has 2 aromatic carbocycles. The molecule has 1 unspecified atom stereocenters. The van der Waals surface area contributed by atoms with Gasteiger partial charge in [-0.25, -0.2) is 13.2 Å². The molecule has 1 N–H and O–H groups in total. The van der Waals surface area contributed by atoms with Crippen LogP contribution in [0.4, 0.5) is 13.2 Å². The fraction of sp³-hybridized carbons (Fsp3) is 0.125. The molecule has 0 aliphatic carbocycles. The van der Waals surface area contributed by atoms with Gasteiger partial charge in [0.15, 0.2) is 0 Å². The molecule has 0 saturated heterocycles. The van der Waals surface area contributed by atoms with Crippen molar-refractivity contribution >= 4 is 11.0 Å². The lowest BCUT2D eigenvalue weighted by molar-refractivity contribution is 0.151. The maximum Gasteiger partial charge on any atom is 0.134 e. The molecule has 3 aromatic rings. The molecule has 1 atom stereocenters. The first-order chi connectivity index (χ1) is 10.0. The zero-order valence-corrected chi connectivity index (χ0v) is 10.8. The van der Waals surface area contributed by atoms with Crippen molar-refractivity contribution in [1.29, 1.82) is 0 Å². The number of halogens is 3. The highest BCUT2D eigenvalue weighted by molar-refractivity contribution is 5.77. The average molecular weight is 292 g/mol. The van der Waals surface area contributed by atoms with Crippen molar-refractivity contribution < 1.29 is 22.7 Å². The molecule has 0 amide bonds.